The van der Waals surface area contributed by atoms with Crippen LogP contribution in [0.5, 0.6) is 0 Å². The van der Waals surface area contributed by atoms with Gasteiger partial charge in [-0.15, -0.1) is 40.0 Å². The maximum absolute atomic E-state index is 10.3. The molecule has 0 rings (SSSR count). The fourth-order valence-electron chi connectivity index (χ4n) is 1.74. The Balaban J connectivity index is -0.000000121. The third-order valence-electron chi connectivity index (χ3n) is 2.93. The van der Waals surface area contributed by atoms with Gasteiger partial charge in [-0.3, -0.25) is 20.2 Å². The van der Waals surface area contributed by atoms with Gasteiger partial charge in [0.05, 0.1) is 35.2 Å². The Morgan fingerprint density at radius 2 is 0.972 bits per heavy atom. The van der Waals surface area contributed by atoms with Crippen molar-refractivity contribution in [2.24, 2.45) is 0 Å². The van der Waals surface area contributed by atoms with E-state index in [2.05, 4.69) is 4.90 Å². The Morgan fingerprint density at radius 3 is 1.06 bits per heavy atom. The predicted molar refractivity (Wildman–Crippen MR) is 110 cm³/mol. The van der Waals surface area contributed by atoms with Crippen molar-refractivity contribution < 1.29 is 74.7 Å². The number of nitrogens with one attached hydrogen (secondary N) is 1. The summed E-state index contributed by atoms with van der Waals surface area (Å²) in [6.07, 6.45) is 0. The van der Waals surface area contributed by atoms with Crippen molar-refractivity contribution in [1.29, 1.82) is 0 Å². The summed E-state index contributed by atoms with van der Waals surface area (Å²) in [5, 5.41) is 19.8. The van der Waals surface area contributed by atoms with E-state index in [1.54, 1.807) is 0 Å². The van der Waals surface area contributed by atoms with E-state index in [0.717, 1.165) is 47.3 Å². The van der Waals surface area contributed by atoms with Crippen molar-refractivity contribution >= 4 is 46.3 Å². The van der Waals surface area contributed by atoms with Gasteiger partial charge in [-0.25, -0.2) is 18.6 Å². The summed E-state index contributed by atoms with van der Waals surface area (Å²) in [5.74, 6) is -1.99. The number of carbonyl (C=O) groups is 4. The summed E-state index contributed by atoms with van der Waals surface area (Å²) < 4.78 is 34.0. The first kappa shape index (κ1) is 44.4. The molecule has 0 aromatic carbocycles. The van der Waals surface area contributed by atoms with Crippen LogP contribution >= 0.6 is 23.2 Å². The van der Waals surface area contributed by atoms with Crippen LogP contribution in [0.3, 0.4) is 0 Å². The molecule has 0 aromatic rings. The Morgan fingerprint density at radius 1 is 0.750 bits per heavy atom. The van der Waals surface area contributed by atoms with Crippen molar-refractivity contribution in [2.75, 3.05) is 37.9 Å². The molecule has 20 heteroatoms. The summed E-state index contributed by atoms with van der Waals surface area (Å²) in [6.45, 7) is 6.83. The van der Waals surface area contributed by atoms with Gasteiger partial charge in [0.15, 0.2) is 0 Å². The second-order valence-corrected chi connectivity index (χ2v) is 7.30. The van der Waals surface area contributed by atoms with Crippen LogP contribution in [0.4, 0.5) is 0 Å². The van der Waals surface area contributed by atoms with E-state index in [4.69, 9.17) is 47.6 Å². The van der Waals surface area contributed by atoms with E-state index < -0.39 is 55.3 Å². The van der Waals surface area contributed by atoms with Crippen LogP contribution in [0, 0.1) is 42.6 Å². The molecule has 0 amide bonds. The van der Waals surface area contributed by atoms with Crippen molar-refractivity contribution in [3.05, 3.63) is 38.0 Å². The molecule has 0 bridgehead atoms. The van der Waals surface area contributed by atoms with Gasteiger partial charge in [-0.05, 0) is 34.2 Å². The molecule has 0 fully saturated rings. The number of halogens is 3. The number of Topliss-reactive ketones (excluding diaryl/α,β-unsaturated/α-hetero) is 4. The molecular weight excluding hydrogens is 605 g/mol. The molecule has 0 radical (unpaired) electrons. The summed E-state index contributed by atoms with van der Waals surface area (Å²) in [7, 11) is -4.94. The van der Waals surface area contributed by atoms with Gasteiger partial charge in [-0.1, -0.05) is 9.85 Å². The molecule has 0 aliphatic rings. The number of hydrogen-bond donors (Lipinski definition) is 0. The third-order valence-corrected chi connectivity index (χ3v) is 3.27. The zero-order valence-electron chi connectivity index (χ0n) is 19.5. The first-order valence-electron chi connectivity index (χ1n) is 8.95. The van der Waals surface area contributed by atoms with Gasteiger partial charge in [0.1, 0.15) is 0 Å². The summed E-state index contributed by atoms with van der Waals surface area (Å²) >= 11 is 11.0. The topological polar surface area (TPSA) is 274 Å². The van der Waals surface area contributed by atoms with Gasteiger partial charge in [-0.2, -0.15) is 0 Å². The number of nitro groups is 2. The first-order chi connectivity index (χ1) is 15.8. The van der Waals surface area contributed by atoms with E-state index in [9.17, 15) is 39.4 Å². The van der Waals surface area contributed by atoms with Gasteiger partial charge in [0, 0.05) is 24.8 Å². The van der Waals surface area contributed by atoms with E-state index in [0.29, 0.717) is 18.3 Å². The maximum atomic E-state index is 10.3. The second-order valence-electron chi connectivity index (χ2n) is 5.78. The number of ketones is 4. The molecule has 0 atom stereocenters. The minimum Gasteiger partial charge on any atom is -0.676 e. The maximum Gasteiger partial charge on any atom is 3.00 e. The normalized spacial score (nSPS) is 9.44. The molecule has 0 aliphatic heterocycles. The molecule has 0 aromatic heterocycles. The standard InChI is InChI=1S/C6H13Cl2N2.2C5H6NO4.ClHO4.Co/c7-1-4-10(5-2-8)6-3-9;2*1-3(7)5(4(2)8)6(9)10;2-1(3,4)5;/h9H,1-6H2;2*1-2H3;(H,2,3,4,5);/q3*-1;;+3/p-1. The zero-order chi connectivity index (χ0) is 28.9. The van der Waals surface area contributed by atoms with Crippen molar-refractivity contribution in [3.63, 3.8) is 0 Å². The average molecular weight is 631 g/mol. The minimum absolute atomic E-state index is 0. The summed E-state index contributed by atoms with van der Waals surface area (Å²) in [6, 6.07) is -1.72. The van der Waals surface area contributed by atoms with Crippen LogP contribution in [0.1, 0.15) is 27.7 Å². The Kier molecular flexibility index (Phi) is 30.8. The number of nitrogens with zero attached hydrogens (tertiary/aromatic N) is 3. The molecule has 0 aliphatic carbocycles. The van der Waals surface area contributed by atoms with Crippen LogP contribution < -0.4 is 18.6 Å². The molecule has 0 saturated carbocycles. The predicted octanol–water partition coefficient (Wildman–Crippen LogP) is -2.99. The molecule has 0 saturated heterocycles. The molecular formula is C16H25Cl3CoN4O12-. The minimum atomic E-state index is -4.94. The molecule has 0 heterocycles. The van der Waals surface area contributed by atoms with Crippen LogP contribution in [0.2, 0.25) is 0 Å². The SMILES string of the molecule is CC(=O)[C-](C(C)=O)[N+](=O)[O-].CC(=O)[C-](C(C)=O)[N+](=O)[O-].[Co+3].[NH-]CCN(CCCl)CCCl.[O-][Cl+3]([O-])([O-])[O-]. The fraction of sp³-hybridized carbons (Fsp3) is 0.625. The molecule has 1 N–H and O–H groups in total. The molecule has 16 nitrogen and oxygen atoms in total. The number of carbonyl (C=O) groups excluding carboxylic acids is 4. The molecule has 0 unspecified atom stereocenters. The van der Waals surface area contributed by atoms with E-state index >= 15 is 0 Å². The van der Waals surface area contributed by atoms with Crippen molar-refractivity contribution in [2.45, 2.75) is 27.7 Å². The van der Waals surface area contributed by atoms with E-state index in [1.165, 1.54) is 0 Å². The Bertz CT molecular complexity index is 569. The molecule has 0 spiro atoms. The molecule has 36 heavy (non-hydrogen) atoms. The third kappa shape index (κ3) is 32.4. The monoisotopic (exact) mass is 629 g/mol. The first-order valence-corrected chi connectivity index (χ1v) is 11.3. The van der Waals surface area contributed by atoms with Gasteiger partial charge in [0.25, 0.3) is 0 Å². The average Bonchev–Trinajstić information content (AvgIpc) is 2.59. The van der Waals surface area contributed by atoms with Crippen LogP contribution in [-0.2, 0) is 36.0 Å². The number of rotatable bonds is 12. The number of hydrogen-bond acceptors (Lipinski definition) is 13. The summed E-state index contributed by atoms with van der Waals surface area (Å²) in [5.41, 5.74) is 6.96. The van der Waals surface area contributed by atoms with E-state index in [1.807, 2.05) is 0 Å². The summed E-state index contributed by atoms with van der Waals surface area (Å²) in [4.78, 5) is 61.3. The number of alkyl halides is 2. The van der Waals surface area contributed by atoms with Gasteiger partial charge < -0.3 is 29.8 Å². The van der Waals surface area contributed by atoms with Crippen molar-refractivity contribution in [3.8, 4) is 0 Å². The Labute approximate surface area is 229 Å². The largest absolute Gasteiger partial charge is 3.00 e. The zero-order valence-corrected chi connectivity index (χ0v) is 22.8. The Hall–Kier alpha value is -1.64. The van der Waals surface area contributed by atoms with Crippen LogP contribution in [-0.4, -0.2) is 75.8 Å². The molecule has 212 valence electrons. The van der Waals surface area contributed by atoms with Crippen LogP contribution in [0.15, 0.2) is 0 Å². The quantitative estimate of drug-likeness (QED) is 0.0684. The van der Waals surface area contributed by atoms with Crippen molar-refractivity contribution in [1.82, 2.24) is 4.90 Å². The fourth-order valence-corrected chi connectivity index (χ4v) is 2.22. The smallest absolute Gasteiger partial charge is 0.676 e. The van der Waals surface area contributed by atoms with Crippen LogP contribution in [0.25, 0.3) is 5.73 Å². The van der Waals surface area contributed by atoms with Gasteiger partial charge in [0.2, 0.25) is 0 Å². The van der Waals surface area contributed by atoms with Gasteiger partial charge >= 0.3 is 16.8 Å². The van der Waals surface area contributed by atoms with E-state index in [-0.39, 0.29) is 16.8 Å². The second kappa shape index (κ2) is 25.0.